The van der Waals surface area contributed by atoms with Gasteiger partial charge in [-0.3, -0.25) is 9.48 Å². The number of halogens is 4. The molecular formula is C17H19ClF3N3O. The van der Waals surface area contributed by atoms with E-state index < -0.39 is 23.3 Å². The molecule has 2 saturated carbocycles. The molecular weight excluding hydrogens is 355 g/mol. The predicted molar refractivity (Wildman–Crippen MR) is 86.0 cm³/mol. The van der Waals surface area contributed by atoms with Crippen LogP contribution in [0.1, 0.15) is 42.2 Å². The van der Waals surface area contributed by atoms with E-state index in [0.29, 0.717) is 23.7 Å². The van der Waals surface area contributed by atoms with E-state index in [9.17, 15) is 18.0 Å². The molecule has 0 radical (unpaired) electrons. The Morgan fingerprint density at radius 2 is 2.08 bits per heavy atom. The first-order valence-electron chi connectivity index (χ1n) is 8.49. The van der Waals surface area contributed by atoms with Crippen molar-refractivity contribution in [1.82, 2.24) is 15.1 Å². The number of aryl methyl sites for hydroxylation is 1. The van der Waals surface area contributed by atoms with Gasteiger partial charge in [-0.05, 0) is 48.5 Å². The van der Waals surface area contributed by atoms with E-state index >= 15 is 0 Å². The molecule has 25 heavy (non-hydrogen) atoms. The maximum absolute atomic E-state index is 13.2. The molecule has 4 nitrogen and oxygen atoms in total. The molecule has 1 aromatic rings. The Kier molecular flexibility index (Phi) is 3.72. The summed E-state index contributed by atoms with van der Waals surface area (Å²) in [4.78, 5) is 12.6. The van der Waals surface area contributed by atoms with Crippen LogP contribution in [0.15, 0.2) is 11.6 Å². The van der Waals surface area contributed by atoms with Crippen LogP contribution in [0, 0.1) is 23.7 Å². The van der Waals surface area contributed by atoms with Crippen LogP contribution in [0.5, 0.6) is 0 Å². The van der Waals surface area contributed by atoms with Crippen molar-refractivity contribution in [3.05, 3.63) is 28.1 Å². The second-order valence-corrected chi connectivity index (χ2v) is 7.93. The molecule has 1 N–H and O–H groups in total. The van der Waals surface area contributed by atoms with Gasteiger partial charge in [0.1, 0.15) is 10.7 Å². The fourth-order valence-corrected chi connectivity index (χ4v) is 5.15. The van der Waals surface area contributed by atoms with Gasteiger partial charge in [0.05, 0.1) is 6.04 Å². The number of amides is 1. The monoisotopic (exact) mass is 373 g/mol. The lowest BCUT2D eigenvalue weighted by Gasteiger charge is -2.45. The van der Waals surface area contributed by atoms with E-state index in [4.69, 9.17) is 11.6 Å². The van der Waals surface area contributed by atoms with Crippen molar-refractivity contribution in [2.24, 2.45) is 30.7 Å². The lowest BCUT2D eigenvalue weighted by molar-refractivity contribution is -0.141. The van der Waals surface area contributed by atoms with E-state index in [1.165, 1.54) is 12.6 Å². The summed E-state index contributed by atoms with van der Waals surface area (Å²) < 4.78 is 40.4. The Hall–Kier alpha value is -1.50. The lowest BCUT2D eigenvalue weighted by Crippen LogP contribution is -2.53. The molecule has 2 bridgehead atoms. The third kappa shape index (κ3) is 2.58. The largest absolute Gasteiger partial charge is 0.436 e. The number of alkyl halides is 3. The van der Waals surface area contributed by atoms with Crippen LogP contribution in [0.3, 0.4) is 0 Å². The normalized spacial score (nSPS) is 33.5. The molecule has 0 saturated heterocycles. The van der Waals surface area contributed by atoms with Crippen molar-refractivity contribution in [2.45, 2.75) is 38.4 Å². The number of allylic oxidation sites excluding steroid dienone is 1. The molecule has 3 aliphatic rings. The minimum Gasteiger partial charge on any atom is -0.345 e. The number of hydrogen-bond acceptors (Lipinski definition) is 2. The van der Waals surface area contributed by atoms with Gasteiger partial charge in [-0.25, -0.2) is 0 Å². The van der Waals surface area contributed by atoms with Crippen LogP contribution < -0.4 is 5.32 Å². The van der Waals surface area contributed by atoms with Crippen LogP contribution >= 0.6 is 11.6 Å². The van der Waals surface area contributed by atoms with Gasteiger partial charge in [-0.1, -0.05) is 24.6 Å². The lowest BCUT2D eigenvalue weighted by atomic mass is 9.65. The fourth-order valence-electron chi connectivity index (χ4n) is 4.94. The van der Waals surface area contributed by atoms with E-state index in [1.54, 1.807) is 0 Å². The number of carbonyl (C=O) groups is 1. The van der Waals surface area contributed by atoms with Gasteiger partial charge in [0.25, 0.3) is 5.91 Å². The molecule has 8 heteroatoms. The minimum atomic E-state index is -4.73. The number of fused-ring (bicyclic) bond motifs is 1. The zero-order valence-corrected chi connectivity index (χ0v) is 14.7. The van der Waals surface area contributed by atoms with E-state index in [0.717, 1.165) is 23.9 Å². The molecule has 5 unspecified atom stereocenters. The predicted octanol–water partition coefficient (Wildman–Crippen LogP) is 3.81. The molecule has 2 fully saturated rings. The standard InChI is InChI=1S/C17H19ClF3N3O/c1-7-3-8-5-9-10(4-7)13(11(9)6-8)22-16(25)12-14(17(19,20)21)23-24(2)15(12)18/h4,7-9,11,13H,3,5-6H2,1-2H3,(H,22,25). The Bertz CT molecular complexity index is 770. The summed E-state index contributed by atoms with van der Waals surface area (Å²) in [6.07, 6.45) is 0.792. The quantitative estimate of drug-likeness (QED) is 0.801. The number of nitrogens with one attached hydrogen (secondary N) is 1. The van der Waals surface area contributed by atoms with Gasteiger partial charge in [-0.2, -0.15) is 18.3 Å². The Balaban J connectivity index is 1.62. The number of aromatic nitrogens is 2. The average molecular weight is 374 g/mol. The topological polar surface area (TPSA) is 46.9 Å². The molecule has 0 spiro atoms. The van der Waals surface area contributed by atoms with E-state index in [1.807, 2.05) is 0 Å². The molecule has 1 amide bonds. The van der Waals surface area contributed by atoms with Crippen molar-refractivity contribution in [1.29, 1.82) is 0 Å². The molecule has 136 valence electrons. The Morgan fingerprint density at radius 1 is 1.36 bits per heavy atom. The van der Waals surface area contributed by atoms with Gasteiger partial charge in [0.15, 0.2) is 5.69 Å². The first kappa shape index (κ1) is 16.9. The van der Waals surface area contributed by atoms with Crippen molar-refractivity contribution in [3.63, 3.8) is 0 Å². The van der Waals surface area contributed by atoms with Crippen molar-refractivity contribution in [3.8, 4) is 0 Å². The second-order valence-electron chi connectivity index (χ2n) is 7.57. The Morgan fingerprint density at radius 3 is 2.76 bits per heavy atom. The maximum atomic E-state index is 13.2. The van der Waals surface area contributed by atoms with E-state index in [-0.39, 0.29) is 11.2 Å². The molecule has 0 aliphatic heterocycles. The van der Waals surface area contributed by atoms with Crippen molar-refractivity contribution in [2.75, 3.05) is 0 Å². The Labute approximate surface area is 148 Å². The zero-order valence-electron chi connectivity index (χ0n) is 13.9. The van der Waals surface area contributed by atoms with Crippen LogP contribution in [0.2, 0.25) is 5.15 Å². The first-order valence-corrected chi connectivity index (χ1v) is 8.86. The van der Waals surface area contributed by atoms with Crippen LogP contribution in [0.4, 0.5) is 13.2 Å². The smallest absolute Gasteiger partial charge is 0.345 e. The van der Waals surface area contributed by atoms with Gasteiger partial charge < -0.3 is 5.32 Å². The highest BCUT2D eigenvalue weighted by Gasteiger charge is 2.53. The van der Waals surface area contributed by atoms with Crippen molar-refractivity contribution < 1.29 is 18.0 Å². The molecule has 1 heterocycles. The average Bonchev–Trinajstić information content (AvgIpc) is 2.96. The molecule has 1 aromatic heterocycles. The third-order valence-corrected chi connectivity index (χ3v) is 6.30. The van der Waals surface area contributed by atoms with Crippen molar-refractivity contribution >= 4 is 17.5 Å². The van der Waals surface area contributed by atoms with Gasteiger partial charge >= 0.3 is 6.18 Å². The summed E-state index contributed by atoms with van der Waals surface area (Å²) >= 11 is 5.92. The van der Waals surface area contributed by atoms with Crippen LogP contribution in [-0.4, -0.2) is 21.7 Å². The molecule has 5 atom stereocenters. The summed E-state index contributed by atoms with van der Waals surface area (Å²) in [6.45, 7) is 2.15. The third-order valence-electron chi connectivity index (χ3n) is 5.87. The number of hydrogen-bond donors (Lipinski definition) is 1. The summed E-state index contributed by atoms with van der Waals surface area (Å²) in [6, 6.07) is -0.178. The van der Waals surface area contributed by atoms with Gasteiger partial charge in [0, 0.05) is 7.05 Å². The number of carbonyl (C=O) groups excluding carboxylic acids is 1. The number of rotatable bonds is 2. The molecule has 0 aromatic carbocycles. The highest BCUT2D eigenvalue weighted by Crippen LogP contribution is 2.57. The first-order chi connectivity index (χ1) is 11.7. The SMILES string of the molecule is CC1C=C2C3CC(C1)CC3C2NC(=O)c1c(C(F)(F)F)nn(C)c1Cl. The minimum absolute atomic E-state index is 0.178. The molecule has 4 rings (SSSR count). The van der Waals surface area contributed by atoms with Gasteiger partial charge in [0.2, 0.25) is 0 Å². The van der Waals surface area contributed by atoms with Gasteiger partial charge in [-0.15, -0.1) is 0 Å². The summed E-state index contributed by atoms with van der Waals surface area (Å²) in [5.74, 6) is 1.10. The maximum Gasteiger partial charge on any atom is 0.436 e. The fraction of sp³-hybridized carbons (Fsp3) is 0.647. The second kappa shape index (κ2) is 5.50. The summed E-state index contributed by atoms with van der Waals surface area (Å²) in [5.41, 5.74) is -0.637. The summed E-state index contributed by atoms with van der Waals surface area (Å²) in [7, 11) is 1.29. The highest BCUT2D eigenvalue weighted by molar-refractivity contribution is 6.33. The van der Waals surface area contributed by atoms with Crippen LogP contribution in [-0.2, 0) is 13.2 Å². The zero-order chi connectivity index (χ0) is 18.1. The number of nitrogens with zero attached hydrogens (tertiary/aromatic N) is 2. The molecule has 3 aliphatic carbocycles. The van der Waals surface area contributed by atoms with Crippen LogP contribution in [0.25, 0.3) is 0 Å². The highest BCUT2D eigenvalue weighted by atomic mass is 35.5. The summed E-state index contributed by atoms with van der Waals surface area (Å²) in [5, 5.41) is 5.89. The van der Waals surface area contributed by atoms with E-state index in [2.05, 4.69) is 23.4 Å².